The molecule has 0 spiro atoms. The number of benzene rings is 1. The summed E-state index contributed by atoms with van der Waals surface area (Å²) >= 11 is 0. The summed E-state index contributed by atoms with van der Waals surface area (Å²) < 4.78 is 8.14. The van der Waals surface area contributed by atoms with E-state index in [1.807, 2.05) is 17.1 Å². The number of imidazole rings is 1. The number of aromatic amines is 1. The van der Waals surface area contributed by atoms with Crippen LogP contribution in [0.1, 0.15) is 41.3 Å². The molecule has 28 heavy (non-hydrogen) atoms. The summed E-state index contributed by atoms with van der Waals surface area (Å²) in [6, 6.07) is 8.43. The number of nitrogens with zero attached hydrogens (tertiary/aromatic N) is 4. The van der Waals surface area contributed by atoms with Crippen molar-refractivity contribution in [1.82, 2.24) is 24.6 Å². The van der Waals surface area contributed by atoms with Gasteiger partial charge in [0, 0.05) is 55.6 Å². The van der Waals surface area contributed by atoms with Crippen LogP contribution < -0.4 is 4.74 Å². The van der Waals surface area contributed by atoms with Crippen molar-refractivity contribution < 1.29 is 4.74 Å². The van der Waals surface area contributed by atoms with Crippen molar-refractivity contribution in [1.29, 1.82) is 0 Å². The molecule has 1 fully saturated rings. The summed E-state index contributed by atoms with van der Waals surface area (Å²) in [5, 5.41) is 7.93. The monoisotopic (exact) mass is 377 g/mol. The summed E-state index contributed by atoms with van der Waals surface area (Å²) in [5.74, 6) is 1.71. The number of para-hydroxylation sites is 1. The number of ether oxygens (including phenoxy) is 1. The standard InChI is InChI=1S/C22H27N5O/c1-2-4-21(28-14-13-27-12-9-23-16-27)18(3-1)15-26-10-7-19-20(8-11-26)24-25-22(19)17-5-6-17/h1-4,9,12,16-17H,5-8,10-11,13-15H2,(H,24,25). The van der Waals surface area contributed by atoms with Crippen molar-refractivity contribution >= 4 is 0 Å². The van der Waals surface area contributed by atoms with Crippen LogP contribution in [0.3, 0.4) is 0 Å². The Kier molecular flexibility index (Phi) is 4.87. The molecule has 1 aliphatic heterocycles. The van der Waals surface area contributed by atoms with Crippen LogP contribution in [0.15, 0.2) is 43.0 Å². The molecule has 1 aliphatic carbocycles. The van der Waals surface area contributed by atoms with Crippen molar-refractivity contribution in [3.63, 3.8) is 0 Å². The second-order valence-corrected chi connectivity index (χ2v) is 7.87. The lowest BCUT2D eigenvalue weighted by molar-refractivity contribution is 0.260. The number of H-pyrrole nitrogens is 1. The van der Waals surface area contributed by atoms with Crippen LogP contribution in [-0.2, 0) is 25.9 Å². The Hall–Kier alpha value is -2.60. The quantitative estimate of drug-likeness (QED) is 0.687. The number of fused-ring (bicyclic) bond motifs is 1. The maximum absolute atomic E-state index is 6.10. The summed E-state index contributed by atoms with van der Waals surface area (Å²) in [6.45, 7) is 4.52. The van der Waals surface area contributed by atoms with Crippen LogP contribution in [-0.4, -0.2) is 44.3 Å². The van der Waals surface area contributed by atoms with Gasteiger partial charge < -0.3 is 9.30 Å². The predicted molar refractivity (Wildman–Crippen MR) is 107 cm³/mol. The fourth-order valence-electron chi connectivity index (χ4n) is 4.10. The van der Waals surface area contributed by atoms with Crippen molar-refractivity contribution in [2.45, 2.75) is 44.7 Å². The smallest absolute Gasteiger partial charge is 0.123 e. The molecule has 6 nitrogen and oxygen atoms in total. The minimum Gasteiger partial charge on any atom is -0.491 e. The highest BCUT2D eigenvalue weighted by molar-refractivity contribution is 5.34. The minimum absolute atomic E-state index is 0.647. The van der Waals surface area contributed by atoms with Gasteiger partial charge in [0.25, 0.3) is 0 Å². The van der Waals surface area contributed by atoms with Crippen molar-refractivity contribution in [3.05, 3.63) is 65.5 Å². The van der Waals surface area contributed by atoms with Crippen LogP contribution in [0.25, 0.3) is 0 Å². The van der Waals surface area contributed by atoms with Gasteiger partial charge in [0.2, 0.25) is 0 Å². The van der Waals surface area contributed by atoms with Gasteiger partial charge in [-0.25, -0.2) is 4.98 Å². The lowest BCUT2D eigenvalue weighted by Crippen LogP contribution is -2.26. The number of hydrogen-bond acceptors (Lipinski definition) is 4. The summed E-state index contributed by atoms with van der Waals surface area (Å²) in [6.07, 6.45) is 10.4. The van der Waals surface area contributed by atoms with E-state index in [1.165, 1.54) is 35.4 Å². The average molecular weight is 377 g/mol. The molecule has 0 bridgehead atoms. The van der Waals surface area contributed by atoms with Gasteiger partial charge in [-0.1, -0.05) is 18.2 Å². The van der Waals surface area contributed by atoms with Gasteiger partial charge in [-0.3, -0.25) is 10.00 Å². The van der Waals surface area contributed by atoms with E-state index in [1.54, 1.807) is 6.20 Å². The summed E-state index contributed by atoms with van der Waals surface area (Å²) in [4.78, 5) is 6.62. The third kappa shape index (κ3) is 3.83. The maximum Gasteiger partial charge on any atom is 0.123 e. The molecule has 0 unspecified atom stereocenters. The maximum atomic E-state index is 6.10. The van der Waals surface area contributed by atoms with Gasteiger partial charge in [0.05, 0.1) is 18.6 Å². The molecule has 3 aromatic rings. The first-order chi connectivity index (χ1) is 13.9. The van der Waals surface area contributed by atoms with E-state index in [0.29, 0.717) is 6.61 Å². The van der Waals surface area contributed by atoms with Gasteiger partial charge in [-0.05, 0) is 30.9 Å². The fraction of sp³-hybridized carbons (Fsp3) is 0.455. The third-order valence-electron chi connectivity index (χ3n) is 5.84. The molecule has 146 valence electrons. The molecule has 1 N–H and O–H groups in total. The van der Waals surface area contributed by atoms with Crippen LogP contribution in [0.5, 0.6) is 5.75 Å². The number of hydrogen-bond donors (Lipinski definition) is 1. The van der Waals surface area contributed by atoms with Crippen molar-refractivity contribution in [3.8, 4) is 5.75 Å². The third-order valence-corrected chi connectivity index (χ3v) is 5.84. The van der Waals surface area contributed by atoms with Gasteiger partial charge in [0.15, 0.2) is 0 Å². The largest absolute Gasteiger partial charge is 0.491 e. The molecule has 2 aromatic heterocycles. The molecule has 5 rings (SSSR count). The Morgan fingerprint density at radius 2 is 2.04 bits per heavy atom. The molecule has 0 radical (unpaired) electrons. The van der Waals surface area contributed by atoms with E-state index in [2.05, 4.69) is 44.3 Å². The van der Waals surface area contributed by atoms with E-state index >= 15 is 0 Å². The zero-order valence-electron chi connectivity index (χ0n) is 16.2. The molecule has 1 aromatic carbocycles. The number of nitrogens with one attached hydrogen (secondary N) is 1. The number of aromatic nitrogens is 4. The van der Waals surface area contributed by atoms with Crippen LogP contribution >= 0.6 is 0 Å². The van der Waals surface area contributed by atoms with Crippen molar-refractivity contribution in [2.24, 2.45) is 0 Å². The Bertz CT molecular complexity index is 913. The van der Waals surface area contributed by atoms with Crippen LogP contribution in [0, 0.1) is 0 Å². The molecular weight excluding hydrogens is 350 g/mol. The van der Waals surface area contributed by atoms with Gasteiger partial charge >= 0.3 is 0 Å². The van der Waals surface area contributed by atoms with Gasteiger partial charge in [-0.15, -0.1) is 0 Å². The van der Waals surface area contributed by atoms with E-state index in [4.69, 9.17) is 4.74 Å². The second-order valence-electron chi connectivity index (χ2n) is 7.87. The van der Waals surface area contributed by atoms with Crippen LogP contribution in [0.2, 0.25) is 0 Å². The lowest BCUT2D eigenvalue weighted by atomic mass is 10.1. The highest BCUT2D eigenvalue weighted by Gasteiger charge is 2.31. The first kappa shape index (κ1) is 17.5. The van der Waals surface area contributed by atoms with E-state index in [-0.39, 0.29) is 0 Å². The van der Waals surface area contributed by atoms with E-state index in [9.17, 15) is 0 Å². The highest BCUT2D eigenvalue weighted by atomic mass is 16.5. The molecule has 0 atom stereocenters. The minimum atomic E-state index is 0.647. The molecular formula is C22H27N5O. The molecule has 1 saturated carbocycles. The summed E-state index contributed by atoms with van der Waals surface area (Å²) in [7, 11) is 0. The second kappa shape index (κ2) is 7.80. The zero-order valence-corrected chi connectivity index (χ0v) is 16.2. The Morgan fingerprint density at radius 1 is 1.14 bits per heavy atom. The molecule has 3 heterocycles. The van der Waals surface area contributed by atoms with E-state index < -0.39 is 0 Å². The molecule has 0 amide bonds. The zero-order chi connectivity index (χ0) is 18.8. The Morgan fingerprint density at radius 3 is 2.89 bits per heavy atom. The van der Waals surface area contributed by atoms with E-state index in [0.717, 1.165) is 50.7 Å². The fourth-order valence-corrected chi connectivity index (χ4v) is 4.10. The lowest BCUT2D eigenvalue weighted by Gasteiger charge is -2.21. The Labute approximate surface area is 165 Å². The first-order valence-corrected chi connectivity index (χ1v) is 10.3. The summed E-state index contributed by atoms with van der Waals surface area (Å²) in [5.41, 5.74) is 5.46. The first-order valence-electron chi connectivity index (χ1n) is 10.3. The molecule has 2 aliphatic rings. The number of rotatable bonds is 7. The van der Waals surface area contributed by atoms with Crippen molar-refractivity contribution in [2.75, 3.05) is 19.7 Å². The average Bonchev–Trinajstić information content (AvgIpc) is 3.34. The SMILES string of the molecule is c1ccc(OCCn2ccnc2)c(CN2CCc3[nH]nc(C4CC4)c3CC2)c1. The topological polar surface area (TPSA) is 59.0 Å². The predicted octanol–water partition coefficient (Wildman–Crippen LogP) is 3.16. The molecule has 6 heteroatoms. The van der Waals surface area contributed by atoms with Gasteiger partial charge in [0.1, 0.15) is 12.4 Å². The highest BCUT2D eigenvalue weighted by Crippen LogP contribution is 2.41. The van der Waals surface area contributed by atoms with Crippen LogP contribution in [0.4, 0.5) is 0 Å². The van der Waals surface area contributed by atoms with Gasteiger partial charge in [-0.2, -0.15) is 5.10 Å². The normalized spacial score (nSPS) is 17.3. The molecule has 0 saturated heterocycles. The Balaban J connectivity index is 1.21.